The van der Waals surface area contributed by atoms with Crippen LogP contribution in [0.15, 0.2) is 41.3 Å². The van der Waals surface area contributed by atoms with Crippen LogP contribution in [0.1, 0.15) is 51.2 Å². The summed E-state index contributed by atoms with van der Waals surface area (Å²) in [6.07, 6.45) is -2.37. The molecule has 0 saturated carbocycles. The second-order valence-electron chi connectivity index (χ2n) is 10.3. The molecule has 3 aliphatic rings. The standard InChI is InChI=1S/C28H27F3N4O5S/c1-17-23-24(19-16-18(8-9-21(19)32-17)41(38,39)34-12-14-40-15-13-34)27(37)35(26(23)36)25-20(28(29,30)31)6-5-7-22(25)33-10-3-2-4-11-33/h5-9,16H,2-4,10-15H2,1H3. The highest BCUT2D eigenvalue weighted by atomic mass is 32.2. The smallest absolute Gasteiger partial charge is 0.379 e. The van der Waals surface area contributed by atoms with Crippen molar-refractivity contribution in [1.29, 1.82) is 0 Å². The lowest BCUT2D eigenvalue weighted by molar-refractivity contribution is -0.137. The van der Waals surface area contributed by atoms with E-state index in [4.69, 9.17) is 4.74 Å². The van der Waals surface area contributed by atoms with Crippen LogP contribution in [0.3, 0.4) is 0 Å². The number of aromatic nitrogens is 1. The quantitative estimate of drug-likeness (QED) is 0.418. The van der Waals surface area contributed by atoms with Crippen LogP contribution in [0.4, 0.5) is 24.5 Å². The third-order valence-electron chi connectivity index (χ3n) is 7.82. The van der Waals surface area contributed by atoms with Gasteiger partial charge in [0.05, 0.1) is 57.4 Å². The van der Waals surface area contributed by atoms with Gasteiger partial charge in [-0.25, -0.2) is 13.3 Å². The topological polar surface area (TPSA) is 100 Å². The van der Waals surface area contributed by atoms with Gasteiger partial charge in [-0.2, -0.15) is 17.5 Å². The molecule has 4 heterocycles. The number of nitrogens with zero attached hydrogens (tertiary/aromatic N) is 4. The van der Waals surface area contributed by atoms with Crippen molar-refractivity contribution >= 4 is 44.1 Å². The molecule has 216 valence electrons. The maximum Gasteiger partial charge on any atom is 0.418 e. The molecule has 2 aromatic carbocycles. The van der Waals surface area contributed by atoms with Gasteiger partial charge in [0, 0.05) is 31.6 Å². The van der Waals surface area contributed by atoms with Crippen molar-refractivity contribution in [2.45, 2.75) is 37.3 Å². The van der Waals surface area contributed by atoms with Crippen molar-refractivity contribution < 1.29 is 35.9 Å². The number of para-hydroxylation sites is 1. The minimum atomic E-state index is -4.84. The van der Waals surface area contributed by atoms with Gasteiger partial charge < -0.3 is 9.64 Å². The second-order valence-corrected chi connectivity index (χ2v) is 12.2. The minimum absolute atomic E-state index is 0.0878. The Morgan fingerprint density at radius 3 is 2.27 bits per heavy atom. The first-order valence-corrected chi connectivity index (χ1v) is 14.8. The summed E-state index contributed by atoms with van der Waals surface area (Å²) in [6, 6.07) is 7.73. The van der Waals surface area contributed by atoms with E-state index in [1.807, 2.05) is 0 Å². The molecule has 0 spiro atoms. The molecule has 0 aliphatic carbocycles. The number of hydrogen-bond donors (Lipinski definition) is 0. The number of imide groups is 1. The zero-order valence-corrected chi connectivity index (χ0v) is 23.0. The van der Waals surface area contributed by atoms with Gasteiger partial charge in [0.1, 0.15) is 0 Å². The maximum absolute atomic E-state index is 14.4. The zero-order chi connectivity index (χ0) is 29.1. The molecule has 41 heavy (non-hydrogen) atoms. The largest absolute Gasteiger partial charge is 0.418 e. The lowest BCUT2D eigenvalue weighted by Gasteiger charge is -2.33. The fourth-order valence-electron chi connectivity index (χ4n) is 5.85. The molecule has 13 heteroatoms. The predicted octanol–water partition coefficient (Wildman–Crippen LogP) is 4.37. The number of anilines is 2. The third-order valence-corrected chi connectivity index (χ3v) is 9.71. The van der Waals surface area contributed by atoms with Gasteiger partial charge in [-0.05, 0) is 56.5 Å². The number of carbonyl (C=O) groups excluding carboxylic acids is 2. The van der Waals surface area contributed by atoms with E-state index in [2.05, 4.69) is 4.98 Å². The van der Waals surface area contributed by atoms with Crippen LogP contribution in [0.25, 0.3) is 10.9 Å². The monoisotopic (exact) mass is 588 g/mol. The number of aryl methyl sites for hydroxylation is 1. The van der Waals surface area contributed by atoms with Crippen molar-refractivity contribution in [2.24, 2.45) is 0 Å². The van der Waals surface area contributed by atoms with Gasteiger partial charge in [-0.15, -0.1) is 0 Å². The molecule has 0 atom stereocenters. The van der Waals surface area contributed by atoms with E-state index in [0.717, 1.165) is 25.3 Å². The van der Waals surface area contributed by atoms with Gasteiger partial charge in [-0.3, -0.25) is 14.6 Å². The summed E-state index contributed by atoms with van der Waals surface area (Å²) in [5.41, 5.74) is -1.33. The Balaban J connectivity index is 1.53. The Labute approximate surface area is 234 Å². The summed E-state index contributed by atoms with van der Waals surface area (Å²) >= 11 is 0. The Morgan fingerprint density at radius 2 is 1.59 bits per heavy atom. The summed E-state index contributed by atoms with van der Waals surface area (Å²) in [7, 11) is -3.96. The molecule has 0 bridgehead atoms. The summed E-state index contributed by atoms with van der Waals surface area (Å²) in [5, 5.41) is 0.0878. The number of morpholine rings is 1. The highest BCUT2D eigenvalue weighted by Gasteiger charge is 2.46. The van der Waals surface area contributed by atoms with E-state index in [1.54, 1.807) is 4.90 Å². The Morgan fingerprint density at radius 1 is 0.902 bits per heavy atom. The van der Waals surface area contributed by atoms with Crippen molar-refractivity contribution in [2.75, 3.05) is 49.2 Å². The van der Waals surface area contributed by atoms with Gasteiger partial charge >= 0.3 is 6.18 Å². The SMILES string of the molecule is Cc1nc2ccc(S(=O)(=O)N3CCOCC3)cc2c2c1C(=O)N(c1c(N3CCCCC3)cccc1C(F)(F)F)C2=O. The van der Waals surface area contributed by atoms with Crippen LogP contribution in [0.2, 0.25) is 0 Å². The van der Waals surface area contributed by atoms with E-state index in [-0.39, 0.29) is 64.6 Å². The maximum atomic E-state index is 14.4. The molecule has 3 aromatic rings. The lowest BCUT2D eigenvalue weighted by atomic mass is 10.0. The molecule has 6 rings (SSSR count). The summed E-state index contributed by atoms with van der Waals surface area (Å²) in [5.74, 6) is -1.87. The molecule has 3 aliphatic heterocycles. The number of rotatable bonds is 4. The molecule has 2 saturated heterocycles. The number of fused-ring (bicyclic) bond motifs is 3. The molecule has 1 aromatic heterocycles. The molecule has 0 N–H and O–H groups in total. The molecule has 9 nitrogen and oxygen atoms in total. The zero-order valence-electron chi connectivity index (χ0n) is 22.2. The number of amides is 2. The van der Waals surface area contributed by atoms with E-state index in [0.29, 0.717) is 18.0 Å². The Hall–Kier alpha value is -3.55. The van der Waals surface area contributed by atoms with Crippen molar-refractivity contribution in [1.82, 2.24) is 9.29 Å². The van der Waals surface area contributed by atoms with Gasteiger partial charge in [0.25, 0.3) is 11.8 Å². The van der Waals surface area contributed by atoms with E-state index < -0.39 is 39.3 Å². The number of sulfonamides is 1. The van der Waals surface area contributed by atoms with Gasteiger partial charge in [0.15, 0.2) is 0 Å². The molecule has 0 unspecified atom stereocenters. The van der Waals surface area contributed by atoms with E-state index >= 15 is 0 Å². The lowest BCUT2D eigenvalue weighted by Crippen LogP contribution is -2.40. The van der Waals surface area contributed by atoms with Gasteiger partial charge in [0.2, 0.25) is 10.0 Å². The first-order chi connectivity index (χ1) is 19.5. The molecule has 2 amide bonds. The molecule has 2 fully saturated rings. The fourth-order valence-corrected chi connectivity index (χ4v) is 7.28. The van der Waals surface area contributed by atoms with Crippen LogP contribution in [-0.2, 0) is 20.9 Å². The number of pyridine rings is 1. The number of benzene rings is 2. The molecule has 0 radical (unpaired) electrons. The fraction of sp³-hybridized carbons (Fsp3) is 0.393. The number of carbonyl (C=O) groups is 2. The first-order valence-electron chi connectivity index (χ1n) is 13.4. The minimum Gasteiger partial charge on any atom is -0.379 e. The van der Waals surface area contributed by atoms with Crippen LogP contribution >= 0.6 is 0 Å². The average molecular weight is 589 g/mol. The Bertz CT molecular complexity index is 1680. The highest BCUT2D eigenvalue weighted by molar-refractivity contribution is 7.89. The number of ether oxygens (including phenoxy) is 1. The predicted molar refractivity (Wildman–Crippen MR) is 145 cm³/mol. The normalized spacial score (nSPS) is 18.8. The summed E-state index contributed by atoms with van der Waals surface area (Å²) < 4.78 is 76.3. The number of alkyl halides is 3. The van der Waals surface area contributed by atoms with Crippen molar-refractivity contribution in [3.63, 3.8) is 0 Å². The summed E-state index contributed by atoms with van der Waals surface area (Å²) in [4.78, 5) is 34.6. The summed E-state index contributed by atoms with van der Waals surface area (Å²) in [6.45, 7) is 3.28. The first kappa shape index (κ1) is 27.6. The number of hydrogen-bond acceptors (Lipinski definition) is 7. The highest BCUT2D eigenvalue weighted by Crippen LogP contribution is 2.46. The molecular formula is C28H27F3N4O5S. The second kappa shape index (κ2) is 10.1. The van der Waals surface area contributed by atoms with Crippen molar-refractivity contribution in [3.05, 3.63) is 58.8 Å². The average Bonchev–Trinajstić information content (AvgIpc) is 3.23. The number of halogens is 3. The van der Waals surface area contributed by atoms with Crippen LogP contribution in [0, 0.1) is 6.92 Å². The van der Waals surface area contributed by atoms with Crippen LogP contribution in [-0.4, -0.2) is 68.9 Å². The molecular weight excluding hydrogens is 561 g/mol. The van der Waals surface area contributed by atoms with Crippen LogP contribution in [0.5, 0.6) is 0 Å². The Kier molecular flexibility index (Phi) is 6.78. The van der Waals surface area contributed by atoms with E-state index in [1.165, 1.54) is 41.6 Å². The van der Waals surface area contributed by atoms with E-state index in [9.17, 15) is 31.2 Å². The van der Waals surface area contributed by atoms with Crippen molar-refractivity contribution in [3.8, 4) is 0 Å². The van der Waals surface area contributed by atoms with Gasteiger partial charge in [-0.1, -0.05) is 6.07 Å². The third kappa shape index (κ3) is 4.56. The number of piperidine rings is 1. The van der Waals surface area contributed by atoms with Crippen LogP contribution < -0.4 is 9.80 Å².